The summed E-state index contributed by atoms with van der Waals surface area (Å²) in [6.07, 6.45) is 0. The van der Waals surface area contributed by atoms with E-state index in [0.29, 0.717) is 16.6 Å². The van der Waals surface area contributed by atoms with E-state index in [4.69, 9.17) is 5.26 Å². The van der Waals surface area contributed by atoms with E-state index in [1.165, 1.54) is 12.1 Å². The van der Waals surface area contributed by atoms with Gasteiger partial charge in [0, 0.05) is 16.5 Å². The van der Waals surface area contributed by atoms with Crippen LogP contribution in [-0.4, -0.2) is 4.98 Å². The molecule has 0 bridgehead atoms. The summed E-state index contributed by atoms with van der Waals surface area (Å²) in [5, 5.41) is 19.3. The first-order chi connectivity index (χ1) is 10.2. The molecule has 3 nitrogen and oxygen atoms in total. The Balaban J connectivity index is 2.38. The Morgan fingerprint density at radius 1 is 0.905 bits per heavy atom. The molecule has 0 radical (unpaired) electrons. The van der Waals surface area contributed by atoms with Crippen molar-refractivity contribution < 1.29 is 4.39 Å². The van der Waals surface area contributed by atoms with Gasteiger partial charge in [0.2, 0.25) is 0 Å². The van der Waals surface area contributed by atoms with Crippen LogP contribution >= 0.6 is 0 Å². The van der Waals surface area contributed by atoms with Crippen LogP contribution in [0.3, 0.4) is 0 Å². The molecule has 2 aromatic carbocycles. The number of aromatic nitrogens is 1. The number of halogens is 1. The number of fused-ring (bicyclic) bond motifs is 1. The lowest BCUT2D eigenvalue weighted by molar-refractivity contribution is 0.624. The van der Waals surface area contributed by atoms with Crippen molar-refractivity contribution in [2.24, 2.45) is 0 Å². The molecule has 0 N–H and O–H groups in total. The van der Waals surface area contributed by atoms with Gasteiger partial charge in [0.1, 0.15) is 23.6 Å². The zero-order chi connectivity index (χ0) is 14.8. The third-order valence-corrected chi connectivity index (χ3v) is 3.25. The minimum atomic E-state index is -0.605. The molecule has 98 valence electrons. The zero-order valence-electron chi connectivity index (χ0n) is 10.8. The van der Waals surface area contributed by atoms with Crippen LogP contribution in [0.1, 0.15) is 11.3 Å². The minimum Gasteiger partial charge on any atom is -0.236 e. The van der Waals surface area contributed by atoms with Crippen molar-refractivity contribution >= 4 is 10.9 Å². The normalized spacial score (nSPS) is 10.0. The fraction of sp³-hybridized carbons (Fsp3) is 0. The molecule has 0 unspecified atom stereocenters. The van der Waals surface area contributed by atoms with Crippen LogP contribution in [0.15, 0.2) is 48.5 Å². The number of nitrogens with zero attached hydrogens (tertiary/aromatic N) is 3. The van der Waals surface area contributed by atoms with E-state index in [2.05, 4.69) is 4.98 Å². The summed E-state index contributed by atoms with van der Waals surface area (Å²) in [6, 6.07) is 17.3. The first-order valence-electron chi connectivity index (χ1n) is 6.23. The molecule has 4 heteroatoms. The van der Waals surface area contributed by atoms with Gasteiger partial charge in [-0.15, -0.1) is 0 Å². The lowest BCUT2D eigenvalue weighted by atomic mass is 9.97. The van der Waals surface area contributed by atoms with Crippen molar-refractivity contribution in [2.45, 2.75) is 0 Å². The SMILES string of the molecule is N#Cc1nc2ccccc2cc1-c1cccc(F)c1C#N. The van der Waals surface area contributed by atoms with Gasteiger partial charge in [-0.2, -0.15) is 10.5 Å². The van der Waals surface area contributed by atoms with Gasteiger partial charge in [-0.05, 0) is 18.2 Å². The standard InChI is InChI=1S/C17H8FN3/c18-15-6-3-5-12(14(15)9-19)13-8-11-4-1-2-7-16(11)21-17(13)10-20/h1-8H. The Labute approximate surface area is 120 Å². The van der Waals surface area contributed by atoms with Gasteiger partial charge < -0.3 is 0 Å². The predicted octanol–water partition coefficient (Wildman–Crippen LogP) is 3.78. The Kier molecular flexibility index (Phi) is 3.06. The van der Waals surface area contributed by atoms with Gasteiger partial charge in [0.15, 0.2) is 0 Å². The second kappa shape index (κ2) is 5.03. The molecule has 0 aliphatic heterocycles. The number of nitriles is 2. The third kappa shape index (κ3) is 2.09. The van der Waals surface area contributed by atoms with E-state index in [-0.39, 0.29) is 11.3 Å². The molecule has 0 spiro atoms. The number of para-hydroxylation sites is 1. The molecule has 0 atom stereocenters. The first kappa shape index (κ1) is 12.8. The number of benzene rings is 2. The molecule has 3 aromatic rings. The topological polar surface area (TPSA) is 60.5 Å². The molecular formula is C17H8FN3. The van der Waals surface area contributed by atoms with Gasteiger partial charge in [0.05, 0.1) is 11.1 Å². The van der Waals surface area contributed by atoms with E-state index in [1.807, 2.05) is 30.3 Å². The van der Waals surface area contributed by atoms with Gasteiger partial charge >= 0.3 is 0 Å². The largest absolute Gasteiger partial charge is 0.236 e. The molecule has 21 heavy (non-hydrogen) atoms. The molecule has 0 aliphatic rings. The summed E-state index contributed by atoms with van der Waals surface area (Å²) in [5.41, 5.74) is 1.63. The predicted molar refractivity (Wildman–Crippen MR) is 76.6 cm³/mol. The Morgan fingerprint density at radius 2 is 1.71 bits per heavy atom. The highest BCUT2D eigenvalue weighted by atomic mass is 19.1. The molecule has 3 rings (SSSR count). The van der Waals surface area contributed by atoms with Crippen LogP contribution in [0.25, 0.3) is 22.0 Å². The van der Waals surface area contributed by atoms with E-state index >= 15 is 0 Å². The van der Waals surface area contributed by atoms with Gasteiger partial charge in [-0.3, -0.25) is 0 Å². The van der Waals surface area contributed by atoms with Crippen LogP contribution < -0.4 is 0 Å². The first-order valence-corrected chi connectivity index (χ1v) is 6.23. The van der Waals surface area contributed by atoms with Crippen molar-refractivity contribution in [2.75, 3.05) is 0 Å². The van der Waals surface area contributed by atoms with Crippen molar-refractivity contribution in [3.8, 4) is 23.3 Å². The fourth-order valence-corrected chi connectivity index (χ4v) is 2.27. The van der Waals surface area contributed by atoms with Crippen molar-refractivity contribution in [1.82, 2.24) is 4.98 Å². The Hall–Kier alpha value is -3.24. The zero-order valence-corrected chi connectivity index (χ0v) is 10.8. The number of rotatable bonds is 1. The van der Waals surface area contributed by atoms with Gasteiger partial charge in [-0.25, -0.2) is 9.37 Å². The monoisotopic (exact) mass is 273 g/mol. The average molecular weight is 273 g/mol. The summed E-state index contributed by atoms with van der Waals surface area (Å²) >= 11 is 0. The van der Waals surface area contributed by atoms with E-state index in [1.54, 1.807) is 18.2 Å². The minimum absolute atomic E-state index is 0.0777. The maximum atomic E-state index is 13.8. The smallest absolute Gasteiger partial charge is 0.149 e. The van der Waals surface area contributed by atoms with Crippen molar-refractivity contribution in [3.05, 3.63) is 65.6 Å². The van der Waals surface area contributed by atoms with Crippen molar-refractivity contribution in [1.29, 1.82) is 10.5 Å². The summed E-state index contributed by atoms with van der Waals surface area (Å²) in [5.74, 6) is -0.605. The molecule has 0 saturated carbocycles. The van der Waals surface area contributed by atoms with Gasteiger partial charge in [-0.1, -0.05) is 30.3 Å². The maximum absolute atomic E-state index is 13.8. The number of hydrogen-bond donors (Lipinski definition) is 0. The lowest BCUT2D eigenvalue weighted by Gasteiger charge is -2.08. The number of pyridine rings is 1. The van der Waals surface area contributed by atoms with Gasteiger partial charge in [0.25, 0.3) is 0 Å². The second-order valence-electron chi connectivity index (χ2n) is 4.46. The highest BCUT2D eigenvalue weighted by Gasteiger charge is 2.15. The summed E-state index contributed by atoms with van der Waals surface area (Å²) < 4.78 is 13.8. The van der Waals surface area contributed by atoms with Crippen LogP contribution in [-0.2, 0) is 0 Å². The summed E-state index contributed by atoms with van der Waals surface area (Å²) in [6.45, 7) is 0. The van der Waals surface area contributed by atoms with Crippen LogP contribution in [0.5, 0.6) is 0 Å². The van der Waals surface area contributed by atoms with E-state index in [0.717, 1.165) is 5.39 Å². The molecular weight excluding hydrogens is 265 g/mol. The highest BCUT2D eigenvalue weighted by Crippen LogP contribution is 2.29. The molecule has 0 fully saturated rings. The Morgan fingerprint density at radius 3 is 2.48 bits per heavy atom. The summed E-state index contributed by atoms with van der Waals surface area (Å²) in [4.78, 5) is 4.28. The molecule has 0 aliphatic carbocycles. The van der Waals surface area contributed by atoms with E-state index < -0.39 is 5.82 Å². The van der Waals surface area contributed by atoms with E-state index in [9.17, 15) is 9.65 Å². The highest BCUT2D eigenvalue weighted by molar-refractivity contribution is 5.87. The molecule has 1 aromatic heterocycles. The van der Waals surface area contributed by atoms with Crippen LogP contribution in [0.2, 0.25) is 0 Å². The summed E-state index contributed by atoms with van der Waals surface area (Å²) in [7, 11) is 0. The average Bonchev–Trinajstić information content (AvgIpc) is 2.53. The number of hydrogen-bond acceptors (Lipinski definition) is 3. The second-order valence-corrected chi connectivity index (χ2v) is 4.46. The maximum Gasteiger partial charge on any atom is 0.149 e. The van der Waals surface area contributed by atoms with Crippen LogP contribution in [0.4, 0.5) is 4.39 Å². The fourth-order valence-electron chi connectivity index (χ4n) is 2.27. The quantitative estimate of drug-likeness (QED) is 0.677. The molecule has 1 heterocycles. The van der Waals surface area contributed by atoms with Crippen molar-refractivity contribution in [3.63, 3.8) is 0 Å². The molecule has 0 saturated heterocycles. The Bertz CT molecular complexity index is 933. The third-order valence-electron chi connectivity index (χ3n) is 3.25. The lowest BCUT2D eigenvalue weighted by Crippen LogP contribution is -1.95. The van der Waals surface area contributed by atoms with Crippen LogP contribution in [0, 0.1) is 28.5 Å². The molecule has 0 amide bonds.